The van der Waals surface area contributed by atoms with Crippen LogP contribution < -0.4 is 5.73 Å². The van der Waals surface area contributed by atoms with Gasteiger partial charge in [-0.05, 0) is 38.0 Å². The summed E-state index contributed by atoms with van der Waals surface area (Å²) in [5.41, 5.74) is 9.63. The molecule has 1 aromatic heterocycles. The molecule has 0 aliphatic rings. The van der Waals surface area contributed by atoms with Crippen LogP contribution in [0, 0.1) is 20.8 Å². The number of halogens is 1. The van der Waals surface area contributed by atoms with Crippen LogP contribution >= 0.6 is 27.3 Å². The first-order valence-electron chi connectivity index (χ1n) is 5.44. The van der Waals surface area contributed by atoms with Crippen molar-refractivity contribution in [2.45, 2.75) is 26.8 Å². The first kappa shape index (κ1) is 12.7. The molecule has 2 nitrogen and oxygen atoms in total. The lowest BCUT2D eigenvalue weighted by Crippen LogP contribution is -2.11. The van der Waals surface area contributed by atoms with Crippen LogP contribution in [0.25, 0.3) is 0 Å². The molecule has 0 aliphatic heterocycles. The number of nitrogens with two attached hydrogens (primary N) is 1. The summed E-state index contributed by atoms with van der Waals surface area (Å²) in [5.74, 6) is 0. The number of rotatable bonds is 2. The van der Waals surface area contributed by atoms with Crippen LogP contribution in [-0.4, -0.2) is 4.98 Å². The van der Waals surface area contributed by atoms with E-state index in [1.54, 1.807) is 11.3 Å². The number of hydrogen-bond acceptors (Lipinski definition) is 3. The Hall–Kier alpha value is -0.710. The molecule has 0 saturated carbocycles. The Morgan fingerprint density at radius 2 is 2.00 bits per heavy atom. The minimum absolute atomic E-state index is 0.135. The standard InChI is InChI=1S/C13H15BrN2S/c1-7-4-5-10(6-11(7)14)12(15)13-16-8(2)9(3)17-13/h4-6,12H,15H2,1-3H3. The quantitative estimate of drug-likeness (QED) is 0.914. The van der Waals surface area contributed by atoms with Crippen molar-refractivity contribution in [3.8, 4) is 0 Å². The molecule has 4 heteroatoms. The Balaban J connectivity index is 2.36. The normalized spacial score (nSPS) is 12.8. The van der Waals surface area contributed by atoms with Crippen molar-refractivity contribution in [3.05, 3.63) is 49.4 Å². The van der Waals surface area contributed by atoms with Gasteiger partial charge in [-0.3, -0.25) is 0 Å². The molecule has 90 valence electrons. The van der Waals surface area contributed by atoms with Crippen molar-refractivity contribution in [1.82, 2.24) is 4.98 Å². The lowest BCUT2D eigenvalue weighted by Gasteiger charge is -2.10. The minimum Gasteiger partial charge on any atom is -0.318 e. The van der Waals surface area contributed by atoms with E-state index >= 15 is 0 Å². The molecule has 0 spiro atoms. The van der Waals surface area contributed by atoms with E-state index < -0.39 is 0 Å². The summed E-state index contributed by atoms with van der Waals surface area (Å²) in [7, 11) is 0. The summed E-state index contributed by atoms with van der Waals surface area (Å²) in [4.78, 5) is 5.75. The van der Waals surface area contributed by atoms with Crippen LogP contribution in [0.5, 0.6) is 0 Å². The number of hydrogen-bond donors (Lipinski definition) is 1. The molecule has 1 atom stereocenters. The van der Waals surface area contributed by atoms with Gasteiger partial charge in [-0.2, -0.15) is 0 Å². The monoisotopic (exact) mass is 310 g/mol. The van der Waals surface area contributed by atoms with Crippen LogP contribution in [-0.2, 0) is 0 Å². The van der Waals surface area contributed by atoms with Crippen LogP contribution in [0.4, 0.5) is 0 Å². The number of nitrogens with zero attached hydrogens (tertiary/aromatic N) is 1. The number of thiazole rings is 1. The summed E-state index contributed by atoms with van der Waals surface area (Å²) in [6.45, 7) is 6.17. The average Bonchev–Trinajstić information content (AvgIpc) is 2.62. The maximum atomic E-state index is 6.24. The Kier molecular flexibility index (Phi) is 3.66. The fourth-order valence-corrected chi connectivity index (χ4v) is 2.92. The highest BCUT2D eigenvalue weighted by molar-refractivity contribution is 9.10. The molecule has 0 bridgehead atoms. The number of benzene rings is 1. The van der Waals surface area contributed by atoms with Crippen molar-refractivity contribution < 1.29 is 0 Å². The topological polar surface area (TPSA) is 38.9 Å². The van der Waals surface area contributed by atoms with E-state index in [0.717, 1.165) is 20.7 Å². The SMILES string of the molecule is Cc1ccc(C(N)c2nc(C)c(C)s2)cc1Br. The molecule has 0 radical (unpaired) electrons. The third-order valence-corrected chi connectivity index (χ3v) is 4.88. The molecule has 2 aromatic rings. The van der Waals surface area contributed by atoms with E-state index in [4.69, 9.17) is 5.73 Å². The van der Waals surface area contributed by atoms with Crippen molar-refractivity contribution >= 4 is 27.3 Å². The highest BCUT2D eigenvalue weighted by atomic mass is 79.9. The zero-order chi connectivity index (χ0) is 12.6. The Labute approximate surface area is 114 Å². The van der Waals surface area contributed by atoms with E-state index in [9.17, 15) is 0 Å². The van der Waals surface area contributed by atoms with Gasteiger partial charge in [-0.15, -0.1) is 11.3 Å². The summed E-state index contributed by atoms with van der Waals surface area (Å²) in [6.07, 6.45) is 0. The van der Waals surface area contributed by atoms with Gasteiger partial charge in [0.25, 0.3) is 0 Å². The van der Waals surface area contributed by atoms with Crippen LogP contribution in [0.2, 0.25) is 0 Å². The van der Waals surface area contributed by atoms with Gasteiger partial charge < -0.3 is 5.73 Å². The van der Waals surface area contributed by atoms with Gasteiger partial charge in [-0.1, -0.05) is 28.1 Å². The van der Waals surface area contributed by atoms with E-state index in [2.05, 4.69) is 53.0 Å². The average molecular weight is 311 g/mol. The summed E-state index contributed by atoms with van der Waals surface area (Å²) >= 11 is 5.21. The molecule has 1 heterocycles. The molecule has 1 aromatic carbocycles. The van der Waals surface area contributed by atoms with Crippen LogP contribution in [0.3, 0.4) is 0 Å². The Morgan fingerprint density at radius 3 is 2.53 bits per heavy atom. The minimum atomic E-state index is -0.135. The molecule has 2 N–H and O–H groups in total. The summed E-state index contributed by atoms with van der Waals surface area (Å²) < 4.78 is 1.09. The highest BCUT2D eigenvalue weighted by Gasteiger charge is 2.14. The van der Waals surface area contributed by atoms with E-state index in [1.165, 1.54) is 10.4 Å². The third-order valence-electron chi connectivity index (χ3n) is 2.87. The molecule has 2 rings (SSSR count). The molecule has 1 unspecified atom stereocenters. The molecule has 0 amide bonds. The second kappa shape index (κ2) is 4.88. The van der Waals surface area contributed by atoms with Gasteiger partial charge in [0.15, 0.2) is 0 Å². The zero-order valence-corrected chi connectivity index (χ0v) is 12.5. The van der Waals surface area contributed by atoms with Gasteiger partial charge in [0.05, 0.1) is 11.7 Å². The van der Waals surface area contributed by atoms with Gasteiger partial charge in [0.1, 0.15) is 5.01 Å². The predicted octanol–water partition coefficient (Wildman–Crippen LogP) is 3.88. The zero-order valence-electron chi connectivity index (χ0n) is 10.1. The lowest BCUT2D eigenvalue weighted by atomic mass is 10.1. The van der Waals surface area contributed by atoms with Crippen molar-refractivity contribution in [2.24, 2.45) is 5.73 Å². The summed E-state index contributed by atoms with van der Waals surface area (Å²) in [5, 5.41) is 0.982. The fourth-order valence-electron chi connectivity index (χ4n) is 1.58. The molecular weight excluding hydrogens is 296 g/mol. The predicted molar refractivity (Wildman–Crippen MR) is 76.5 cm³/mol. The maximum absolute atomic E-state index is 6.24. The summed E-state index contributed by atoms with van der Waals surface area (Å²) in [6, 6.07) is 6.08. The van der Waals surface area contributed by atoms with E-state index in [-0.39, 0.29) is 6.04 Å². The second-order valence-corrected chi connectivity index (χ2v) is 6.27. The molecule has 0 fully saturated rings. The first-order valence-corrected chi connectivity index (χ1v) is 7.05. The van der Waals surface area contributed by atoms with Gasteiger partial charge in [0, 0.05) is 9.35 Å². The molecule has 0 saturated heterocycles. The molecule has 17 heavy (non-hydrogen) atoms. The first-order chi connectivity index (χ1) is 7.99. The van der Waals surface area contributed by atoms with Crippen LogP contribution in [0.15, 0.2) is 22.7 Å². The second-order valence-electron chi connectivity index (χ2n) is 4.18. The van der Waals surface area contributed by atoms with Gasteiger partial charge in [-0.25, -0.2) is 4.98 Å². The molecule has 0 aliphatic carbocycles. The number of aromatic nitrogens is 1. The molecular formula is C13H15BrN2S. The van der Waals surface area contributed by atoms with Crippen molar-refractivity contribution in [1.29, 1.82) is 0 Å². The van der Waals surface area contributed by atoms with Crippen LogP contribution in [0.1, 0.15) is 32.7 Å². The van der Waals surface area contributed by atoms with Crippen molar-refractivity contribution in [2.75, 3.05) is 0 Å². The largest absolute Gasteiger partial charge is 0.318 e. The van der Waals surface area contributed by atoms with Gasteiger partial charge >= 0.3 is 0 Å². The lowest BCUT2D eigenvalue weighted by molar-refractivity contribution is 0.850. The third kappa shape index (κ3) is 2.59. The van der Waals surface area contributed by atoms with E-state index in [1.807, 2.05) is 6.92 Å². The number of aryl methyl sites for hydroxylation is 3. The fraction of sp³-hybridized carbons (Fsp3) is 0.308. The Morgan fingerprint density at radius 1 is 1.29 bits per heavy atom. The maximum Gasteiger partial charge on any atom is 0.114 e. The smallest absolute Gasteiger partial charge is 0.114 e. The van der Waals surface area contributed by atoms with Crippen molar-refractivity contribution in [3.63, 3.8) is 0 Å². The van der Waals surface area contributed by atoms with E-state index in [0.29, 0.717) is 0 Å². The Bertz CT molecular complexity index is 529. The highest BCUT2D eigenvalue weighted by Crippen LogP contribution is 2.28. The van der Waals surface area contributed by atoms with Gasteiger partial charge in [0.2, 0.25) is 0 Å².